The molecular weight excluding hydrogens is 861 g/mol. The minimum absolute atomic E-state index is 0. The Morgan fingerprint density at radius 2 is 0.525 bits per heavy atom. The number of rotatable bonds is 24. The van der Waals surface area contributed by atoms with Crippen molar-refractivity contribution in [1.29, 1.82) is 0 Å². The molecule has 0 amide bonds. The van der Waals surface area contributed by atoms with Gasteiger partial charge in [0, 0.05) is 19.3 Å². The summed E-state index contributed by atoms with van der Waals surface area (Å²) >= 11 is 0. The van der Waals surface area contributed by atoms with Gasteiger partial charge in [-0.2, -0.15) is 39.5 Å². The number of alkyl halides is 9. The molecule has 0 rings (SSSR count). The number of ketones is 9. The van der Waals surface area contributed by atoms with Crippen LogP contribution in [0.25, 0.3) is 0 Å². The van der Waals surface area contributed by atoms with Crippen LogP contribution in [-0.4, -0.2) is 143 Å². The number of hydrogen-bond acceptors (Lipinski definition) is 15. The Morgan fingerprint density at radius 3 is 0.678 bits per heavy atom. The molecule has 0 atom stereocenters. The van der Waals surface area contributed by atoms with Gasteiger partial charge in [0.1, 0.15) is 56.4 Å². The summed E-state index contributed by atoms with van der Waals surface area (Å²) in [4.78, 5) is 130. The molecule has 0 aliphatic heterocycles. The van der Waals surface area contributed by atoms with Crippen molar-refractivity contribution in [2.45, 2.75) is 116 Å². The van der Waals surface area contributed by atoms with Gasteiger partial charge in [-0.1, -0.05) is 20.8 Å². The number of Topliss-reactive ketones (excluding diaryl/α,β-unsaturated/α-hetero) is 9. The first-order valence-electron chi connectivity index (χ1n) is 16.4. The maximum Gasteiger partial charge on any atom is 3.00 e. The average Bonchev–Trinajstić information content (AvgIpc) is 3.05. The van der Waals surface area contributed by atoms with Crippen LogP contribution in [0.1, 0.15) is 97.8 Å². The van der Waals surface area contributed by atoms with Gasteiger partial charge in [-0.05, 0) is 19.3 Å². The van der Waals surface area contributed by atoms with Crippen LogP contribution < -0.4 is 0 Å². The Hall–Kier alpha value is -4.13. The number of ether oxygens (including phenoxy) is 3. The number of hydrogen-bond donors (Lipinski definition) is 0. The molecule has 0 aromatic heterocycles. The third kappa shape index (κ3) is 37.9. The molecule has 15 nitrogen and oxygen atoms in total. The van der Waals surface area contributed by atoms with Crippen LogP contribution >= 0.6 is 0 Å². The Morgan fingerprint density at radius 1 is 0.339 bits per heavy atom. The fourth-order valence-corrected chi connectivity index (χ4v) is 3.21. The van der Waals surface area contributed by atoms with E-state index < -0.39 is 129 Å². The van der Waals surface area contributed by atoms with Gasteiger partial charge in [0.2, 0.25) is 17.3 Å². The van der Waals surface area contributed by atoms with E-state index in [0.717, 1.165) is 0 Å². The molecule has 0 aromatic rings. The topological polar surface area (TPSA) is 233 Å². The molecule has 0 aromatic carbocycles. The maximum atomic E-state index is 11.8. The Bertz CT molecular complexity index is 1300. The summed E-state index contributed by atoms with van der Waals surface area (Å²) in [5.41, 5.74) is 0. The Kier molecular flexibility index (Phi) is 35.5. The molecule has 0 aliphatic rings. The molecule has 0 saturated carbocycles. The van der Waals surface area contributed by atoms with Crippen molar-refractivity contribution in [3.8, 4) is 0 Å². The molecule has 0 radical (unpaired) electrons. The van der Waals surface area contributed by atoms with E-state index in [-0.39, 0.29) is 71.3 Å². The van der Waals surface area contributed by atoms with Crippen molar-refractivity contribution >= 4 is 105 Å². The van der Waals surface area contributed by atoms with E-state index in [4.69, 9.17) is 0 Å². The van der Waals surface area contributed by atoms with E-state index in [1.165, 1.54) is 0 Å². The quantitative estimate of drug-likeness (QED) is 0.0444. The van der Waals surface area contributed by atoms with E-state index in [0.29, 0.717) is 19.3 Å². The Balaban J connectivity index is -0.000000243. The molecule has 59 heavy (non-hydrogen) atoms. The molecule has 0 N–H and O–H groups in total. The van der Waals surface area contributed by atoms with Crippen LogP contribution in [0.15, 0.2) is 0 Å². The third-order valence-electron chi connectivity index (χ3n) is 5.82. The number of halogens is 9. The second kappa shape index (κ2) is 32.7. The van der Waals surface area contributed by atoms with Gasteiger partial charge in [-0.25, -0.2) is 0 Å². The monoisotopic (exact) mass is 900 g/mol. The molecule has 0 saturated heterocycles. The minimum Gasteiger partial charge on any atom is -0.457 e. The molecule has 0 bridgehead atoms. The van der Waals surface area contributed by atoms with E-state index in [1.807, 2.05) is 0 Å². The second-order valence-corrected chi connectivity index (χ2v) is 11.3. The van der Waals surface area contributed by atoms with E-state index in [2.05, 4.69) is 14.2 Å². The van der Waals surface area contributed by atoms with Gasteiger partial charge in [0.15, 0.2) is 17.3 Å². The zero-order valence-electron chi connectivity index (χ0n) is 31.8. The van der Waals surface area contributed by atoms with Gasteiger partial charge in [0.25, 0.3) is 0 Å². The second-order valence-electron chi connectivity index (χ2n) is 11.3. The van der Waals surface area contributed by atoms with Gasteiger partial charge in [-0.3, -0.25) is 57.5 Å². The fourth-order valence-electron chi connectivity index (χ4n) is 3.21. The van der Waals surface area contributed by atoms with E-state index in [1.54, 1.807) is 20.8 Å². The van der Waals surface area contributed by atoms with Gasteiger partial charge in [0.05, 0.1) is 19.3 Å². The minimum atomic E-state index is -5.09. The first-order chi connectivity index (χ1) is 26.0. The molecule has 0 fully saturated rings. The zero-order chi connectivity index (χ0) is 45.2. The van der Waals surface area contributed by atoms with Crippen molar-refractivity contribution in [3.05, 3.63) is 0 Å². The molecule has 0 heterocycles. The third-order valence-corrected chi connectivity index (χ3v) is 5.82. The van der Waals surface area contributed by atoms with Crippen LogP contribution in [-0.2, 0) is 71.7 Å². The standard InChI is InChI=1S/3C11H13F3O5.2Al/c3*1-2-3-7(15)5-10(18)19-6-8(16)4-9(17)11(12,13)14;;/h3*2-6H2,1H3;;/q;;;2*+3. The van der Waals surface area contributed by atoms with Crippen molar-refractivity contribution in [1.82, 2.24) is 0 Å². The number of carbonyl (C=O) groups excluding carboxylic acids is 12. The predicted octanol–water partition coefficient (Wildman–Crippen LogP) is 3.38. The fraction of sp³-hybridized carbons (Fsp3) is 0.636. The summed E-state index contributed by atoms with van der Waals surface area (Å²) in [6.07, 6.45) is -18.8. The molecule has 0 spiro atoms. The van der Waals surface area contributed by atoms with Crippen LogP contribution in [0, 0.1) is 0 Å². The molecule has 324 valence electrons. The SMILES string of the molecule is CCCC(=O)CC(=O)OCC(=O)CC(=O)C(F)(F)F.CCCC(=O)CC(=O)OCC(=O)CC(=O)C(F)(F)F.CCCC(=O)CC(=O)OCC(=O)CC(=O)C(F)(F)F.[Al+3].[Al+3]. The van der Waals surface area contributed by atoms with Gasteiger partial charge in [-0.15, -0.1) is 0 Å². The van der Waals surface area contributed by atoms with E-state index in [9.17, 15) is 97.0 Å². The maximum absolute atomic E-state index is 11.8. The van der Waals surface area contributed by atoms with E-state index >= 15 is 0 Å². The summed E-state index contributed by atoms with van der Waals surface area (Å²) in [5.74, 6) is -14.2. The molecular formula is C33H39Al2F9O15+6. The molecule has 0 unspecified atom stereocenters. The van der Waals surface area contributed by atoms with Gasteiger partial charge < -0.3 is 14.2 Å². The first kappa shape index (κ1) is 64.0. The summed E-state index contributed by atoms with van der Waals surface area (Å²) in [6, 6.07) is 0. The Labute approximate surface area is 351 Å². The summed E-state index contributed by atoms with van der Waals surface area (Å²) in [5, 5.41) is 0. The average molecular weight is 901 g/mol. The normalized spacial score (nSPS) is 10.6. The largest absolute Gasteiger partial charge is 3.00 e. The van der Waals surface area contributed by atoms with Gasteiger partial charge >= 0.3 is 71.2 Å². The van der Waals surface area contributed by atoms with Crippen molar-refractivity contribution in [2.24, 2.45) is 0 Å². The van der Waals surface area contributed by atoms with Crippen molar-refractivity contribution in [2.75, 3.05) is 19.8 Å². The predicted molar refractivity (Wildman–Crippen MR) is 180 cm³/mol. The summed E-state index contributed by atoms with van der Waals surface area (Å²) < 4.78 is 119. The van der Waals surface area contributed by atoms with Crippen molar-refractivity contribution < 1.29 is 111 Å². The number of carbonyl (C=O) groups is 12. The van der Waals surface area contributed by atoms with Crippen LogP contribution in [0.4, 0.5) is 39.5 Å². The van der Waals surface area contributed by atoms with Crippen LogP contribution in [0.3, 0.4) is 0 Å². The smallest absolute Gasteiger partial charge is 0.457 e. The number of esters is 3. The van der Waals surface area contributed by atoms with Crippen LogP contribution in [0.5, 0.6) is 0 Å². The molecule has 26 heteroatoms. The first-order valence-corrected chi connectivity index (χ1v) is 16.4. The molecule has 0 aliphatic carbocycles. The summed E-state index contributed by atoms with van der Waals surface area (Å²) in [6.45, 7) is 2.36. The summed E-state index contributed by atoms with van der Waals surface area (Å²) in [7, 11) is 0. The zero-order valence-corrected chi connectivity index (χ0v) is 34.1. The van der Waals surface area contributed by atoms with Crippen molar-refractivity contribution in [3.63, 3.8) is 0 Å². The van der Waals surface area contributed by atoms with Crippen LogP contribution in [0.2, 0.25) is 0 Å².